The number of nitrogens with one attached hydrogen (secondary N) is 1. The molecule has 1 atom stereocenters. The highest BCUT2D eigenvalue weighted by Gasteiger charge is 2.12. The van der Waals surface area contributed by atoms with Crippen molar-refractivity contribution in [2.75, 3.05) is 26.8 Å². The van der Waals surface area contributed by atoms with Gasteiger partial charge in [0.25, 0.3) is 0 Å². The Balaban J connectivity index is 2.54. The fraction of sp³-hybridized carbons (Fsp3) is 0.667. The van der Waals surface area contributed by atoms with Gasteiger partial charge in [0, 0.05) is 32.8 Å². The highest BCUT2D eigenvalue weighted by molar-refractivity contribution is 5.22. The van der Waals surface area contributed by atoms with Crippen molar-refractivity contribution in [3.05, 3.63) is 35.4 Å². The third-order valence-corrected chi connectivity index (χ3v) is 3.96. The van der Waals surface area contributed by atoms with Gasteiger partial charge in [0.2, 0.25) is 0 Å². The number of hydrogen-bond donors (Lipinski definition) is 1. The van der Waals surface area contributed by atoms with Crippen LogP contribution in [0.15, 0.2) is 24.3 Å². The lowest BCUT2D eigenvalue weighted by molar-refractivity contribution is 0.118. The molecule has 0 aliphatic carbocycles. The molecular formula is C18H32N2O. The van der Waals surface area contributed by atoms with Crippen molar-refractivity contribution in [2.24, 2.45) is 0 Å². The first-order valence-electron chi connectivity index (χ1n) is 8.22. The Kier molecular flexibility index (Phi) is 9.31. The Bertz CT molecular complexity index is 364. The quantitative estimate of drug-likeness (QED) is 0.632. The summed E-state index contributed by atoms with van der Waals surface area (Å²) in [4.78, 5) is 2.49. The van der Waals surface area contributed by atoms with Crippen LogP contribution < -0.4 is 5.32 Å². The van der Waals surface area contributed by atoms with Gasteiger partial charge in [0.1, 0.15) is 0 Å². The van der Waals surface area contributed by atoms with E-state index >= 15 is 0 Å². The maximum absolute atomic E-state index is 5.23. The lowest BCUT2D eigenvalue weighted by Crippen LogP contribution is -2.34. The Labute approximate surface area is 130 Å². The molecule has 0 spiro atoms. The molecule has 0 aliphatic rings. The summed E-state index contributed by atoms with van der Waals surface area (Å²) in [6.45, 7) is 11.6. The average Bonchev–Trinajstić information content (AvgIpc) is 2.52. The normalized spacial score (nSPS) is 12.8. The summed E-state index contributed by atoms with van der Waals surface area (Å²) in [6, 6.07) is 9.58. The smallest absolute Gasteiger partial charge is 0.0589 e. The highest BCUT2D eigenvalue weighted by atomic mass is 16.5. The monoisotopic (exact) mass is 292 g/mol. The summed E-state index contributed by atoms with van der Waals surface area (Å²) < 4.78 is 5.23. The second-order valence-corrected chi connectivity index (χ2v) is 5.71. The molecule has 0 radical (unpaired) electrons. The van der Waals surface area contributed by atoms with Gasteiger partial charge >= 0.3 is 0 Å². The number of benzene rings is 1. The molecule has 3 nitrogen and oxygen atoms in total. The van der Waals surface area contributed by atoms with Gasteiger partial charge in [0.05, 0.1) is 6.61 Å². The first kappa shape index (κ1) is 18.1. The van der Waals surface area contributed by atoms with E-state index < -0.39 is 0 Å². The predicted molar refractivity (Wildman–Crippen MR) is 90.5 cm³/mol. The van der Waals surface area contributed by atoms with Crippen LogP contribution in [0.3, 0.4) is 0 Å². The van der Waals surface area contributed by atoms with Gasteiger partial charge in [-0.2, -0.15) is 0 Å². The van der Waals surface area contributed by atoms with Crippen LogP contribution in [0.2, 0.25) is 0 Å². The molecule has 0 aromatic heterocycles. The van der Waals surface area contributed by atoms with Crippen LogP contribution in [0.25, 0.3) is 0 Å². The number of rotatable bonds is 11. The molecule has 0 saturated carbocycles. The largest absolute Gasteiger partial charge is 0.383 e. The summed E-state index contributed by atoms with van der Waals surface area (Å²) >= 11 is 0. The average molecular weight is 292 g/mol. The van der Waals surface area contributed by atoms with Crippen molar-refractivity contribution in [3.63, 3.8) is 0 Å². The van der Waals surface area contributed by atoms with E-state index in [0.717, 1.165) is 32.8 Å². The number of nitrogens with zero attached hydrogens (tertiary/aromatic N) is 1. The summed E-state index contributed by atoms with van der Waals surface area (Å²) in [6.07, 6.45) is 2.35. The van der Waals surface area contributed by atoms with E-state index in [4.69, 9.17) is 4.74 Å². The van der Waals surface area contributed by atoms with Gasteiger partial charge in [-0.05, 0) is 37.4 Å². The van der Waals surface area contributed by atoms with Crippen molar-refractivity contribution in [3.8, 4) is 0 Å². The minimum atomic E-state index is 0.589. The molecule has 1 N–H and O–H groups in total. The Hall–Kier alpha value is -0.900. The third-order valence-electron chi connectivity index (χ3n) is 3.96. The van der Waals surface area contributed by atoms with Crippen LogP contribution in [0.5, 0.6) is 0 Å². The first-order valence-corrected chi connectivity index (χ1v) is 8.22. The molecule has 21 heavy (non-hydrogen) atoms. The van der Waals surface area contributed by atoms with E-state index in [1.165, 1.54) is 24.0 Å². The molecule has 3 heteroatoms. The van der Waals surface area contributed by atoms with Gasteiger partial charge in [-0.3, -0.25) is 4.90 Å². The predicted octanol–water partition coefficient (Wildman–Crippen LogP) is 3.43. The number of hydrogen-bond acceptors (Lipinski definition) is 3. The Morgan fingerprint density at radius 2 is 1.81 bits per heavy atom. The number of methoxy groups -OCH3 is 1. The maximum atomic E-state index is 5.23. The molecular weight excluding hydrogens is 260 g/mol. The molecule has 120 valence electrons. The zero-order valence-electron chi connectivity index (χ0n) is 14.2. The van der Waals surface area contributed by atoms with Crippen LogP contribution in [0.1, 0.15) is 44.7 Å². The van der Waals surface area contributed by atoms with Crippen LogP contribution in [-0.2, 0) is 17.8 Å². The lowest BCUT2D eigenvalue weighted by atomic mass is 10.1. The second kappa shape index (κ2) is 10.8. The Morgan fingerprint density at radius 1 is 1.14 bits per heavy atom. The third kappa shape index (κ3) is 7.07. The Morgan fingerprint density at radius 3 is 2.38 bits per heavy atom. The van der Waals surface area contributed by atoms with E-state index in [-0.39, 0.29) is 0 Å². The van der Waals surface area contributed by atoms with Crippen molar-refractivity contribution in [1.82, 2.24) is 10.2 Å². The molecule has 1 aromatic rings. The van der Waals surface area contributed by atoms with Gasteiger partial charge in [-0.1, -0.05) is 38.1 Å². The van der Waals surface area contributed by atoms with Gasteiger partial charge in [-0.15, -0.1) is 0 Å². The van der Waals surface area contributed by atoms with E-state index in [1.807, 2.05) is 0 Å². The van der Waals surface area contributed by atoms with Crippen LogP contribution in [0, 0.1) is 0 Å². The molecule has 0 bridgehead atoms. The molecule has 0 fully saturated rings. The summed E-state index contributed by atoms with van der Waals surface area (Å²) in [7, 11) is 1.77. The summed E-state index contributed by atoms with van der Waals surface area (Å²) in [5.74, 6) is 0. The zero-order chi connectivity index (χ0) is 15.5. The van der Waals surface area contributed by atoms with E-state index in [9.17, 15) is 0 Å². The fourth-order valence-corrected chi connectivity index (χ4v) is 2.33. The van der Waals surface area contributed by atoms with Crippen LogP contribution in [-0.4, -0.2) is 37.7 Å². The minimum Gasteiger partial charge on any atom is -0.383 e. The molecule has 0 aliphatic heterocycles. The standard InChI is InChI=1S/C18H32N2O/c1-5-11-19-14-17-7-9-18(10-8-17)15-20(12-13-21-4)16(3)6-2/h7-10,16,19H,5-6,11-15H2,1-4H3. The van der Waals surface area contributed by atoms with Gasteiger partial charge in [0.15, 0.2) is 0 Å². The minimum absolute atomic E-state index is 0.589. The molecule has 0 saturated heterocycles. The van der Waals surface area contributed by atoms with Crippen LogP contribution >= 0.6 is 0 Å². The molecule has 1 rings (SSSR count). The number of ether oxygens (including phenoxy) is 1. The van der Waals surface area contributed by atoms with Gasteiger partial charge < -0.3 is 10.1 Å². The topological polar surface area (TPSA) is 24.5 Å². The van der Waals surface area contributed by atoms with Crippen LogP contribution in [0.4, 0.5) is 0 Å². The molecule has 0 heterocycles. The highest BCUT2D eigenvalue weighted by Crippen LogP contribution is 2.12. The molecule has 0 amide bonds. The van der Waals surface area contributed by atoms with E-state index in [0.29, 0.717) is 6.04 Å². The molecule has 1 unspecified atom stereocenters. The summed E-state index contributed by atoms with van der Waals surface area (Å²) in [5.41, 5.74) is 2.74. The SMILES string of the molecule is CCCNCc1ccc(CN(CCOC)C(C)CC)cc1. The molecule has 1 aromatic carbocycles. The van der Waals surface area contributed by atoms with Crippen molar-refractivity contribution < 1.29 is 4.74 Å². The second-order valence-electron chi connectivity index (χ2n) is 5.71. The van der Waals surface area contributed by atoms with Crippen molar-refractivity contribution in [1.29, 1.82) is 0 Å². The van der Waals surface area contributed by atoms with Crippen molar-refractivity contribution in [2.45, 2.75) is 52.7 Å². The summed E-state index contributed by atoms with van der Waals surface area (Å²) in [5, 5.41) is 3.44. The van der Waals surface area contributed by atoms with Crippen molar-refractivity contribution >= 4 is 0 Å². The fourth-order valence-electron chi connectivity index (χ4n) is 2.33. The zero-order valence-corrected chi connectivity index (χ0v) is 14.2. The first-order chi connectivity index (χ1) is 10.2. The lowest BCUT2D eigenvalue weighted by Gasteiger charge is -2.28. The van der Waals surface area contributed by atoms with E-state index in [1.54, 1.807) is 7.11 Å². The maximum Gasteiger partial charge on any atom is 0.0589 e. The van der Waals surface area contributed by atoms with E-state index in [2.05, 4.69) is 55.3 Å². The van der Waals surface area contributed by atoms with Gasteiger partial charge in [-0.25, -0.2) is 0 Å².